The number of nitrogens with zero attached hydrogens (tertiary/aromatic N) is 2. The van der Waals surface area contributed by atoms with Gasteiger partial charge in [0.2, 0.25) is 5.91 Å². The molecule has 1 aromatic heterocycles. The van der Waals surface area contributed by atoms with Crippen LogP contribution in [0.1, 0.15) is 18.7 Å². The number of methoxy groups -OCH3 is 1. The molecule has 168 valence electrons. The average molecular weight is 438 g/mol. The first kappa shape index (κ1) is 21.6. The Balaban J connectivity index is 1.37. The lowest BCUT2D eigenvalue weighted by Crippen LogP contribution is -2.34. The van der Waals surface area contributed by atoms with Crippen molar-refractivity contribution in [3.8, 4) is 11.5 Å². The third-order valence-electron chi connectivity index (χ3n) is 5.33. The molecule has 0 aliphatic carbocycles. The summed E-state index contributed by atoms with van der Waals surface area (Å²) in [7, 11) is 3.44. The van der Waals surface area contributed by atoms with E-state index < -0.39 is 0 Å². The molecule has 1 saturated heterocycles. The molecule has 2 aromatic carbocycles. The van der Waals surface area contributed by atoms with Crippen LogP contribution in [-0.4, -0.2) is 47.8 Å². The van der Waals surface area contributed by atoms with Gasteiger partial charge >= 0.3 is 0 Å². The van der Waals surface area contributed by atoms with Gasteiger partial charge in [-0.3, -0.25) is 9.59 Å². The minimum Gasteiger partial charge on any atom is -0.493 e. The first-order valence-electron chi connectivity index (χ1n) is 10.5. The summed E-state index contributed by atoms with van der Waals surface area (Å²) in [6, 6.07) is 12.6. The van der Waals surface area contributed by atoms with Crippen LogP contribution < -0.4 is 20.1 Å². The Morgan fingerprint density at radius 2 is 2.03 bits per heavy atom. The molecule has 0 bridgehead atoms. The standard InChI is InChI=1S/C23H26N4O5/c1-27-17-10-9-15(25-22(28)14-32-19-7-4-3-6-18(19)30-2)12-16(17)26-21(27)13-24-23(29)20-8-5-11-31-20/h3-4,6-7,9-10,12,20H,5,8,11,13-14H2,1-2H3,(H,24,29)(H,25,28)/t20-/m1/s1. The molecule has 1 aliphatic heterocycles. The van der Waals surface area contributed by atoms with Crippen LogP contribution in [-0.2, 0) is 27.9 Å². The molecule has 2 heterocycles. The van der Waals surface area contributed by atoms with Crippen molar-refractivity contribution < 1.29 is 23.8 Å². The molecule has 1 fully saturated rings. The number of imidazole rings is 1. The number of hydrogen-bond acceptors (Lipinski definition) is 6. The van der Waals surface area contributed by atoms with Crippen molar-refractivity contribution in [2.75, 3.05) is 25.6 Å². The Morgan fingerprint density at radius 3 is 2.78 bits per heavy atom. The molecule has 0 radical (unpaired) electrons. The monoisotopic (exact) mass is 438 g/mol. The Hall–Kier alpha value is -3.59. The highest BCUT2D eigenvalue weighted by Gasteiger charge is 2.23. The number of fused-ring (bicyclic) bond motifs is 1. The van der Waals surface area contributed by atoms with Gasteiger partial charge in [0.15, 0.2) is 18.1 Å². The topological polar surface area (TPSA) is 104 Å². The second-order valence-electron chi connectivity index (χ2n) is 7.50. The molecular weight excluding hydrogens is 412 g/mol. The number of ether oxygens (including phenoxy) is 3. The fraction of sp³-hybridized carbons (Fsp3) is 0.348. The highest BCUT2D eigenvalue weighted by Crippen LogP contribution is 2.26. The first-order chi connectivity index (χ1) is 15.5. The van der Waals surface area contributed by atoms with Gasteiger partial charge in [-0.1, -0.05) is 12.1 Å². The maximum Gasteiger partial charge on any atom is 0.262 e. The van der Waals surface area contributed by atoms with E-state index in [1.807, 2.05) is 29.8 Å². The third kappa shape index (κ3) is 4.83. The highest BCUT2D eigenvalue weighted by atomic mass is 16.5. The van der Waals surface area contributed by atoms with E-state index >= 15 is 0 Å². The molecule has 2 N–H and O–H groups in total. The predicted octanol–water partition coefficient (Wildman–Crippen LogP) is 2.39. The van der Waals surface area contributed by atoms with Crippen molar-refractivity contribution in [3.05, 3.63) is 48.3 Å². The van der Waals surface area contributed by atoms with Crippen molar-refractivity contribution in [2.24, 2.45) is 7.05 Å². The summed E-state index contributed by atoms with van der Waals surface area (Å²) in [5.74, 6) is 1.37. The van der Waals surface area contributed by atoms with Gasteiger partial charge in [0.05, 0.1) is 24.7 Å². The zero-order chi connectivity index (χ0) is 22.5. The number of aryl methyl sites for hydroxylation is 1. The Morgan fingerprint density at radius 1 is 1.22 bits per heavy atom. The Bertz CT molecular complexity index is 1120. The predicted molar refractivity (Wildman–Crippen MR) is 119 cm³/mol. The fourth-order valence-electron chi connectivity index (χ4n) is 3.63. The zero-order valence-electron chi connectivity index (χ0n) is 18.1. The molecule has 4 rings (SSSR count). The van der Waals surface area contributed by atoms with E-state index in [-0.39, 0.29) is 24.5 Å². The third-order valence-corrected chi connectivity index (χ3v) is 5.33. The van der Waals surface area contributed by atoms with Crippen LogP contribution in [0.4, 0.5) is 5.69 Å². The van der Waals surface area contributed by atoms with Gasteiger partial charge in [-0.25, -0.2) is 4.98 Å². The molecule has 3 aromatic rings. The van der Waals surface area contributed by atoms with E-state index in [2.05, 4.69) is 15.6 Å². The molecular formula is C23H26N4O5. The number of benzene rings is 2. The number of carbonyl (C=O) groups excluding carboxylic acids is 2. The molecule has 9 nitrogen and oxygen atoms in total. The van der Waals surface area contributed by atoms with Crippen LogP contribution in [0, 0.1) is 0 Å². The van der Waals surface area contributed by atoms with Crippen LogP contribution in [0.25, 0.3) is 11.0 Å². The van der Waals surface area contributed by atoms with Crippen molar-refractivity contribution in [1.82, 2.24) is 14.9 Å². The first-order valence-corrected chi connectivity index (χ1v) is 10.5. The second kappa shape index (κ2) is 9.69. The fourth-order valence-corrected chi connectivity index (χ4v) is 3.63. The number of aromatic nitrogens is 2. The Labute approximate surface area is 185 Å². The van der Waals surface area contributed by atoms with Crippen LogP contribution >= 0.6 is 0 Å². The number of carbonyl (C=O) groups is 2. The lowest BCUT2D eigenvalue weighted by molar-refractivity contribution is -0.130. The maximum atomic E-state index is 12.3. The number of anilines is 1. The lowest BCUT2D eigenvalue weighted by Gasteiger charge is -2.10. The summed E-state index contributed by atoms with van der Waals surface area (Å²) < 4.78 is 18.1. The summed E-state index contributed by atoms with van der Waals surface area (Å²) in [6.45, 7) is 0.780. The largest absolute Gasteiger partial charge is 0.493 e. The summed E-state index contributed by atoms with van der Waals surface area (Å²) >= 11 is 0. The molecule has 9 heteroatoms. The van der Waals surface area contributed by atoms with E-state index in [9.17, 15) is 9.59 Å². The quantitative estimate of drug-likeness (QED) is 0.560. The van der Waals surface area contributed by atoms with Gasteiger partial charge in [0.1, 0.15) is 11.9 Å². The second-order valence-corrected chi connectivity index (χ2v) is 7.50. The minimum absolute atomic E-state index is 0.113. The Kier molecular flexibility index (Phi) is 6.55. The van der Waals surface area contributed by atoms with Crippen molar-refractivity contribution in [3.63, 3.8) is 0 Å². The van der Waals surface area contributed by atoms with E-state index in [4.69, 9.17) is 14.2 Å². The van der Waals surface area contributed by atoms with Gasteiger partial charge in [-0.05, 0) is 43.2 Å². The van der Waals surface area contributed by atoms with Crippen molar-refractivity contribution in [1.29, 1.82) is 0 Å². The molecule has 1 aliphatic rings. The van der Waals surface area contributed by atoms with Crippen LogP contribution in [0.3, 0.4) is 0 Å². The summed E-state index contributed by atoms with van der Waals surface area (Å²) in [4.78, 5) is 29.1. The van der Waals surface area contributed by atoms with Gasteiger partial charge in [0.25, 0.3) is 5.91 Å². The normalized spacial score (nSPS) is 15.5. The summed E-state index contributed by atoms with van der Waals surface area (Å²) in [5, 5.41) is 5.70. The minimum atomic E-state index is -0.371. The molecule has 2 amide bonds. The molecule has 0 spiro atoms. The van der Waals surface area contributed by atoms with Crippen molar-refractivity contribution >= 4 is 28.5 Å². The number of amides is 2. The van der Waals surface area contributed by atoms with E-state index in [1.54, 1.807) is 31.4 Å². The molecule has 32 heavy (non-hydrogen) atoms. The van der Waals surface area contributed by atoms with E-state index in [0.29, 0.717) is 36.2 Å². The lowest BCUT2D eigenvalue weighted by atomic mass is 10.2. The van der Waals surface area contributed by atoms with Gasteiger partial charge < -0.3 is 29.4 Å². The van der Waals surface area contributed by atoms with Crippen LogP contribution in [0.5, 0.6) is 11.5 Å². The smallest absolute Gasteiger partial charge is 0.262 e. The van der Waals surface area contributed by atoms with E-state index in [0.717, 1.165) is 23.9 Å². The summed E-state index contributed by atoms with van der Waals surface area (Å²) in [5.41, 5.74) is 2.23. The molecule has 0 unspecified atom stereocenters. The number of para-hydroxylation sites is 2. The SMILES string of the molecule is COc1ccccc1OCC(=O)Nc1ccc2c(c1)nc(CNC(=O)[C@H]1CCCO1)n2C. The molecule has 1 atom stereocenters. The number of hydrogen-bond donors (Lipinski definition) is 2. The van der Waals surface area contributed by atoms with E-state index in [1.165, 1.54) is 0 Å². The molecule has 0 saturated carbocycles. The highest BCUT2D eigenvalue weighted by molar-refractivity contribution is 5.94. The number of nitrogens with one attached hydrogen (secondary N) is 2. The zero-order valence-corrected chi connectivity index (χ0v) is 18.1. The van der Waals surface area contributed by atoms with Crippen LogP contribution in [0.2, 0.25) is 0 Å². The summed E-state index contributed by atoms with van der Waals surface area (Å²) in [6.07, 6.45) is 1.28. The van der Waals surface area contributed by atoms with Gasteiger partial charge in [0, 0.05) is 19.3 Å². The van der Waals surface area contributed by atoms with Crippen molar-refractivity contribution in [2.45, 2.75) is 25.5 Å². The van der Waals surface area contributed by atoms with Crippen LogP contribution in [0.15, 0.2) is 42.5 Å². The average Bonchev–Trinajstić information content (AvgIpc) is 3.45. The maximum absolute atomic E-state index is 12.3. The van der Waals surface area contributed by atoms with Gasteiger partial charge in [-0.2, -0.15) is 0 Å². The van der Waals surface area contributed by atoms with Gasteiger partial charge in [-0.15, -0.1) is 0 Å². The number of rotatable bonds is 8.